The predicted molar refractivity (Wildman–Crippen MR) is 59.5 cm³/mol. The highest BCUT2D eigenvalue weighted by atomic mass is 32.2. The minimum atomic E-state index is 0.0262. The van der Waals surface area contributed by atoms with Crippen molar-refractivity contribution in [3.63, 3.8) is 0 Å². The fraction of sp³-hybridized carbons (Fsp3) is 0.900. The van der Waals surface area contributed by atoms with Gasteiger partial charge in [-0.05, 0) is 31.3 Å². The monoisotopic (exact) mass is 214 g/mol. The topological polar surface area (TPSA) is 32.3 Å². The molecule has 2 heterocycles. The number of carbonyl (C=O) groups is 1. The van der Waals surface area contributed by atoms with Crippen LogP contribution >= 0.6 is 11.8 Å². The fourth-order valence-corrected chi connectivity index (χ4v) is 3.29. The van der Waals surface area contributed by atoms with Crippen molar-refractivity contribution < 1.29 is 4.79 Å². The second-order valence-corrected chi connectivity index (χ2v) is 5.28. The zero-order chi connectivity index (χ0) is 9.97. The van der Waals surface area contributed by atoms with Gasteiger partial charge in [-0.15, -0.1) is 0 Å². The summed E-state index contributed by atoms with van der Waals surface area (Å²) >= 11 is 2.01. The third kappa shape index (κ3) is 2.06. The molecule has 3 nitrogen and oxygen atoms in total. The Morgan fingerprint density at radius 1 is 1.43 bits per heavy atom. The van der Waals surface area contributed by atoms with Gasteiger partial charge in [-0.25, -0.2) is 0 Å². The normalized spacial score (nSPS) is 30.8. The van der Waals surface area contributed by atoms with Crippen LogP contribution in [0.25, 0.3) is 0 Å². The van der Waals surface area contributed by atoms with Crippen LogP contribution in [0.15, 0.2) is 0 Å². The van der Waals surface area contributed by atoms with Crippen LogP contribution < -0.4 is 5.32 Å². The van der Waals surface area contributed by atoms with Crippen molar-refractivity contribution in [2.24, 2.45) is 0 Å². The van der Waals surface area contributed by atoms with E-state index in [4.69, 9.17) is 0 Å². The lowest BCUT2D eigenvalue weighted by Crippen LogP contribution is -2.57. The minimum Gasteiger partial charge on any atom is -0.337 e. The number of hydrogen-bond acceptors (Lipinski definition) is 3. The van der Waals surface area contributed by atoms with Crippen LogP contribution in [0, 0.1) is 0 Å². The maximum absolute atomic E-state index is 11.9. The van der Waals surface area contributed by atoms with E-state index in [2.05, 4.69) is 10.2 Å². The molecule has 1 amide bonds. The number of piperazine rings is 1. The van der Waals surface area contributed by atoms with E-state index in [0.29, 0.717) is 11.9 Å². The van der Waals surface area contributed by atoms with E-state index in [1.165, 1.54) is 24.3 Å². The summed E-state index contributed by atoms with van der Waals surface area (Å²) in [6.45, 7) is 3.82. The molecule has 2 saturated heterocycles. The van der Waals surface area contributed by atoms with Gasteiger partial charge >= 0.3 is 0 Å². The summed E-state index contributed by atoms with van der Waals surface area (Å²) in [6, 6.07) is 0.548. The molecule has 0 aromatic heterocycles. The van der Waals surface area contributed by atoms with Crippen molar-refractivity contribution in [1.29, 1.82) is 0 Å². The molecule has 2 aliphatic heterocycles. The predicted octanol–water partition coefficient (Wildman–Crippen LogP) is 0.702. The van der Waals surface area contributed by atoms with Crippen molar-refractivity contribution in [2.45, 2.75) is 31.8 Å². The van der Waals surface area contributed by atoms with Crippen LogP contribution in [-0.2, 0) is 4.79 Å². The first kappa shape index (κ1) is 10.3. The maximum Gasteiger partial charge on any atom is 0.239 e. The van der Waals surface area contributed by atoms with E-state index in [1.54, 1.807) is 0 Å². The fourth-order valence-electron chi connectivity index (χ4n) is 2.21. The Morgan fingerprint density at radius 2 is 2.14 bits per heavy atom. The molecule has 0 bridgehead atoms. The lowest BCUT2D eigenvalue weighted by atomic mass is 10.1. The van der Waals surface area contributed by atoms with Crippen LogP contribution in [0.4, 0.5) is 0 Å². The van der Waals surface area contributed by atoms with Gasteiger partial charge in [0.15, 0.2) is 0 Å². The second kappa shape index (κ2) is 4.53. The molecule has 0 saturated carbocycles. The van der Waals surface area contributed by atoms with Gasteiger partial charge < -0.3 is 10.2 Å². The smallest absolute Gasteiger partial charge is 0.239 e. The number of rotatable bonds is 1. The quantitative estimate of drug-likeness (QED) is 0.697. The Labute approximate surface area is 89.6 Å². The number of carbonyl (C=O) groups excluding carboxylic acids is 1. The van der Waals surface area contributed by atoms with Crippen molar-refractivity contribution in [3.8, 4) is 0 Å². The summed E-state index contributed by atoms with van der Waals surface area (Å²) in [5.74, 6) is 2.74. The number of thioether (sulfide) groups is 1. The van der Waals surface area contributed by atoms with Crippen molar-refractivity contribution in [3.05, 3.63) is 0 Å². The van der Waals surface area contributed by atoms with E-state index in [0.717, 1.165) is 13.1 Å². The molecule has 0 spiro atoms. The Hall–Kier alpha value is -0.220. The molecule has 80 valence electrons. The second-order valence-electron chi connectivity index (χ2n) is 4.05. The molecule has 2 rings (SSSR count). The van der Waals surface area contributed by atoms with E-state index < -0.39 is 0 Å². The molecule has 0 aromatic carbocycles. The Kier molecular flexibility index (Phi) is 3.34. The first-order valence-corrected chi connectivity index (χ1v) is 6.56. The Morgan fingerprint density at radius 3 is 2.86 bits per heavy atom. The number of nitrogens with zero attached hydrogens (tertiary/aromatic N) is 1. The van der Waals surface area contributed by atoms with Gasteiger partial charge in [0.1, 0.15) is 0 Å². The number of hydrogen-bond donors (Lipinski definition) is 1. The minimum absolute atomic E-state index is 0.0262. The van der Waals surface area contributed by atoms with E-state index in [1.807, 2.05) is 18.7 Å². The first-order valence-electron chi connectivity index (χ1n) is 5.40. The molecule has 4 heteroatoms. The summed E-state index contributed by atoms with van der Waals surface area (Å²) in [6.07, 6.45) is 2.37. The highest BCUT2D eigenvalue weighted by Crippen LogP contribution is 2.22. The van der Waals surface area contributed by atoms with Gasteiger partial charge in [-0.3, -0.25) is 4.79 Å². The summed E-state index contributed by atoms with van der Waals surface area (Å²) in [7, 11) is 0. The van der Waals surface area contributed by atoms with Gasteiger partial charge in [0.25, 0.3) is 0 Å². The van der Waals surface area contributed by atoms with E-state index in [-0.39, 0.29) is 6.04 Å². The average Bonchev–Trinajstić information content (AvgIpc) is 2.23. The van der Waals surface area contributed by atoms with Crippen LogP contribution in [-0.4, -0.2) is 47.5 Å². The Balaban J connectivity index is 1.97. The summed E-state index contributed by atoms with van der Waals surface area (Å²) in [5, 5.41) is 3.20. The van der Waals surface area contributed by atoms with Crippen LogP contribution in [0.2, 0.25) is 0 Å². The van der Waals surface area contributed by atoms with Crippen molar-refractivity contribution in [1.82, 2.24) is 10.2 Å². The highest BCUT2D eigenvalue weighted by molar-refractivity contribution is 7.99. The number of nitrogens with one attached hydrogen (secondary N) is 1. The molecule has 2 fully saturated rings. The lowest BCUT2D eigenvalue weighted by Gasteiger charge is -2.39. The SMILES string of the molecule is CC1NCCN(C2CCSCC2)C1=O. The third-order valence-corrected chi connectivity index (χ3v) is 4.14. The van der Waals surface area contributed by atoms with Gasteiger partial charge in [-0.1, -0.05) is 0 Å². The molecule has 0 radical (unpaired) electrons. The first-order chi connectivity index (χ1) is 6.79. The van der Waals surface area contributed by atoms with Gasteiger partial charge in [0.2, 0.25) is 5.91 Å². The average molecular weight is 214 g/mol. The zero-order valence-electron chi connectivity index (χ0n) is 8.66. The van der Waals surface area contributed by atoms with Crippen molar-refractivity contribution >= 4 is 17.7 Å². The van der Waals surface area contributed by atoms with E-state index >= 15 is 0 Å². The molecule has 1 unspecified atom stereocenters. The molecular formula is C10H18N2OS. The Bertz CT molecular complexity index is 216. The lowest BCUT2D eigenvalue weighted by molar-refractivity contribution is -0.137. The molecule has 2 aliphatic rings. The number of amides is 1. The summed E-state index contributed by atoms with van der Waals surface area (Å²) in [5.41, 5.74) is 0. The third-order valence-electron chi connectivity index (χ3n) is 3.09. The summed E-state index contributed by atoms with van der Waals surface area (Å²) < 4.78 is 0. The highest BCUT2D eigenvalue weighted by Gasteiger charge is 2.30. The van der Waals surface area contributed by atoms with Crippen LogP contribution in [0.5, 0.6) is 0 Å². The molecule has 1 atom stereocenters. The molecule has 14 heavy (non-hydrogen) atoms. The molecular weight excluding hydrogens is 196 g/mol. The summed E-state index contributed by atoms with van der Waals surface area (Å²) in [4.78, 5) is 14.0. The van der Waals surface area contributed by atoms with Gasteiger partial charge in [0.05, 0.1) is 6.04 Å². The molecule has 1 N–H and O–H groups in total. The van der Waals surface area contributed by atoms with Crippen molar-refractivity contribution in [2.75, 3.05) is 24.6 Å². The molecule has 0 aromatic rings. The van der Waals surface area contributed by atoms with Crippen LogP contribution in [0.1, 0.15) is 19.8 Å². The largest absolute Gasteiger partial charge is 0.337 e. The van der Waals surface area contributed by atoms with Gasteiger partial charge in [0, 0.05) is 19.1 Å². The zero-order valence-corrected chi connectivity index (χ0v) is 9.48. The maximum atomic E-state index is 11.9. The van der Waals surface area contributed by atoms with Gasteiger partial charge in [-0.2, -0.15) is 11.8 Å². The standard InChI is InChI=1S/C10H18N2OS/c1-8-10(13)12(5-4-11-8)9-2-6-14-7-3-9/h8-9,11H,2-7H2,1H3. The van der Waals surface area contributed by atoms with E-state index in [9.17, 15) is 4.79 Å². The molecule has 0 aliphatic carbocycles. The van der Waals surface area contributed by atoms with Crippen LogP contribution in [0.3, 0.4) is 0 Å².